The summed E-state index contributed by atoms with van der Waals surface area (Å²) >= 11 is 7.03. The largest absolute Gasteiger partial charge is 0.481 e. The van der Waals surface area contributed by atoms with Gasteiger partial charge in [0.25, 0.3) is 11.5 Å². The van der Waals surface area contributed by atoms with Crippen molar-refractivity contribution in [3.8, 4) is 5.88 Å². The third-order valence-corrected chi connectivity index (χ3v) is 10.4. The first-order chi connectivity index (χ1) is 23.3. The number of aryl methyl sites for hydroxylation is 2. The molecule has 3 aliphatic carbocycles. The number of nitrogens with one attached hydrogen (secondary N) is 1. The van der Waals surface area contributed by atoms with E-state index in [1.807, 2.05) is 11.0 Å². The van der Waals surface area contributed by atoms with Crippen molar-refractivity contribution >= 4 is 23.4 Å². The molecule has 1 saturated heterocycles. The molecule has 49 heavy (non-hydrogen) atoms. The Morgan fingerprint density at radius 1 is 1.12 bits per heavy atom. The predicted octanol–water partition coefficient (Wildman–Crippen LogP) is 2.89. The summed E-state index contributed by atoms with van der Waals surface area (Å²) < 4.78 is 38.8. The monoisotopic (exact) mass is 697 g/mol. The first kappa shape index (κ1) is 34.4. The minimum absolute atomic E-state index is 0.00358. The van der Waals surface area contributed by atoms with Crippen LogP contribution in [0.3, 0.4) is 0 Å². The number of ether oxygens (including phenoxy) is 1. The number of carbonyl (C=O) groups excluding carboxylic acids is 2. The molecule has 6 rings (SSSR count). The Kier molecular flexibility index (Phi) is 9.46. The van der Waals surface area contributed by atoms with Gasteiger partial charge in [0.05, 0.1) is 18.2 Å². The first-order valence-corrected chi connectivity index (χ1v) is 16.6. The molecule has 4 aliphatic rings. The zero-order chi connectivity index (χ0) is 35.3. The summed E-state index contributed by atoms with van der Waals surface area (Å²) in [5.41, 5.74) is 0.866. The third-order valence-electron chi connectivity index (χ3n) is 9.91. The standard InChI is InChI=1S/C34H38ClF2N7O5/c1-17-23(38-31(46)30-33(47)41(3)34(48)42(4)40-30)10-9-21(36)26(17)28-22(37)8-7-20(29(28)35)24-16-19-6-11-25(27(19)32(39-24)49-5)44-14-12-43(13-15-44)18(2)45/h7-8,10,16,20-21,25,29H,6,9,11-15H2,1-5H3,(H,38,46)/t20?,21?,25-,29?/m0/s1. The maximum atomic E-state index is 15.7. The number of halogens is 3. The zero-order valence-corrected chi connectivity index (χ0v) is 28.7. The summed E-state index contributed by atoms with van der Waals surface area (Å²) in [5.74, 6) is -1.70. The molecule has 0 bridgehead atoms. The number of nitrogens with zero attached hydrogens (tertiary/aromatic N) is 6. The molecule has 1 N–H and O–H groups in total. The lowest BCUT2D eigenvalue weighted by Gasteiger charge is -2.38. The van der Waals surface area contributed by atoms with Crippen LogP contribution >= 0.6 is 11.6 Å². The van der Waals surface area contributed by atoms with Crippen LogP contribution in [0.4, 0.5) is 8.78 Å². The smallest absolute Gasteiger partial charge is 0.346 e. The Hall–Kier alpha value is -4.43. The highest BCUT2D eigenvalue weighted by Crippen LogP contribution is 2.47. The van der Waals surface area contributed by atoms with Gasteiger partial charge in [-0.3, -0.25) is 23.9 Å². The zero-order valence-electron chi connectivity index (χ0n) is 27.9. The number of rotatable bonds is 6. The van der Waals surface area contributed by atoms with Crippen LogP contribution < -0.4 is 21.3 Å². The molecule has 0 aromatic carbocycles. The number of piperazine rings is 1. The van der Waals surface area contributed by atoms with E-state index in [0.717, 1.165) is 46.3 Å². The second kappa shape index (κ2) is 13.5. The van der Waals surface area contributed by atoms with E-state index in [1.165, 1.54) is 26.2 Å². The van der Waals surface area contributed by atoms with Gasteiger partial charge in [-0.1, -0.05) is 12.2 Å². The van der Waals surface area contributed by atoms with Crippen molar-refractivity contribution in [2.24, 2.45) is 14.1 Å². The molecule has 2 aromatic rings. The Morgan fingerprint density at radius 2 is 1.84 bits per heavy atom. The quantitative estimate of drug-likeness (QED) is 0.456. The minimum atomic E-state index is -1.62. The number of carbonyl (C=O) groups is 2. The number of fused-ring (bicyclic) bond motifs is 1. The Labute approximate surface area is 286 Å². The minimum Gasteiger partial charge on any atom is -0.481 e. The fourth-order valence-electron chi connectivity index (χ4n) is 7.27. The normalized spacial score (nSPS) is 24.2. The summed E-state index contributed by atoms with van der Waals surface area (Å²) in [4.78, 5) is 58.6. The van der Waals surface area contributed by atoms with E-state index >= 15 is 8.78 Å². The molecule has 2 aromatic heterocycles. The predicted molar refractivity (Wildman–Crippen MR) is 178 cm³/mol. The van der Waals surface area contributed by atoms with Gasteiger partial charge in [-0.2, -0.15) is 5.10 Å². The number of amides is 2. The lowest BCUT2D eigenvalue weighted by Crippen LogP contribution is -2.48. The van der Waals surface area contributed by atoms with E-state index in [-0.39, 0.29) is 40.8 Å². The maximum Gasteiger partial charge on any atom is 0.346 e. The molecule has 0 saturated carbocycles. The van der Waals surface area contributed by atoms with Crippen LogP contribution in [-0.2, 0) is 25.3 Å². The number of hydrogen-bond donors (Lipinski definition) is 1. The van der Waals surface area contributed by atoms with Crippen LogP contribution in [0.2, 0.25) is 0 Å². The van der Waals surface area contributed by atoms with Crippen molar-refractivity contribution in [1.82, 2.24) is 34.4 Å². The molecular weight excluding hydrogens is 660 g/mol. The van der Waals surface area contributed by atoms with Gasteiger partial charge >= 0.3 is 5.69 Å². The molecule has 260 valence electrons. The Bertz CT molecular complexity index is 1980. The van der Waals surface area contributed by atoms with E-state index in [0.29, 0.717) is 24.7 Å². The number of allylic oxidation sites excluding steroid dienone is 7. The van der Waals surface area contributed by atoms with Gasteiger partial charge < -0.3 is 15.0 Å². The van der Waals surface area contributed by atoms with Crippen LogP contribution in [0.1, 0.15) is 66.0 Å². The fourth-order valence-corrected chi connectivity index (χ4v) is 7.70. The van der Waals surface area contributed by atoms with Gasteiger partial charge in [-0.05, 0) is 48.6 Å². The van der Waals surface area contributed by atoms with Crippen LogP contribution in [0.25, 0.3) is 0 Å². The van der Waals surface area contributed by atoms with Gasteiger partial charge in [-0.15, -0.1) is 11.6 Å². The number of methoxy groups -OCH3 is 1. The van der Waals surface area contributed by atoms with Crippen molar-refractivity contribution in [1.29, 1.82) is 0 Å². The molecule has 2 amide bonds. The van der Waals surface area contributed by atoms with Crippen LogP contribution in [0.15, 0.2) is 62.1 Å². The van der Waals surface area contributed by atoms with Crippen LogP contribution in [0, 0.1) is 0 Å². The Balaban J connectivity index is 1.28. The number of hydrogen-bond acceptors (Lipinski definition) is 8. The molecular formula is C34H38ClF2N7O5. The number of alkyl halides is 2. The van der Waals surface area contributed by atoms with E-state index in [2.05, 4.69) is 15.3 Å². The summed E-state index contributed by atoms with van der Waals surface area (Å²) in [6.45, 7) is 5.92. The average molecular weight is 698 g/mol. The molecule has 3 heterocycles. The van der Waals surface area contributed by atoms with Crippen molar-refractivity contribution in [2.45, 2.75) is 56.6 Å². The molecule has 15 heteroatoms. The van der Waals surface area contributed by atoms with E-state index in [4.69, 9.17) is 21.3 Å². The summed E-state index contributed by atoms with van der Waals surface area (Å²) in [5, 5.41) is 5.35. The van der Waals surface area contributed by atoms with Gasteiger partial charge in [0.1, 0.15) is 12.0 Å². The van der Waals surface area contributed by atoms with Gasteiger partial charge in [0.15, 0.2) is 0 Å². The van der Waals surface area contributed by atoms with E-state index in [9.17, 15) is 19.2 Å². The second-order valence-corrected chi connectivity index (χ2v) is 13.2. The molecule has 3 unspecified atom stereocenters. The second-order valence-electron chi connectivity index (χ2n) is 12.7. The summed E-state index contributed by atoms with van der Waals surface area (Å²) in [7, 11) is 4.09. The molecule has 4 atom stereocenters. The van der Waals surface area contributed by atoms with Crippen LogP contribution in [-0.4, -0.2) is 85.8 Å². The Morgan fingerprint density at radius 3 is 2.51 bits per heavy atom. The van der Waals surface area contributed by atoms with Crippen molar-refractivity contribution in [3.63, 3.8) is 0 Å². The van der Waals surface area contributed by atoms with Gasteiger partial charge in [0, 0.05) is 82.4 Å². The van der Waals surface area contributed by atoms with Crippen LogP contribution in [0.5, 0.6) is 5.88 Å². The molecule has 0 spiro atoms. The SMILES string of the molecule is COc1nc(C2C=CC(F)=C(C3=C(C)C(NC(=O)c4nn(C)c(=O)n(C)c4=O)=CCC3F)C2Cl)cc2c1[C@@H](N1CCN(C(C)=O)CC1)CC2. The highest BCUT2D eigenvalue weighted by molar-refractivity contribution is 6.23. The molecule has 1 aliphatic heterocycles. The van der Waals surface area contributed by atoms with E-state index < -0.39 is 46.1 Å². The molecule has 12 nitrogen and oxygen atoms in total. The lowest BCUT2D eigenvalue weighted by atomic mass is 9.80. The van der Waals surface area contributed by atoms with Gasteiger partial charge in [-0.25, -0.2) is 23.2 Å². The lowest BCUT2D eigenvalue weighted by molar-refractivity contribution is -0.130. The highest BCUT2D eigenvalue weighted by atomic mass is 35.5. The highest BCUT2D eigenvalue weighted by Gasteiger charge is 2.39. The van der Waals surface area contributed by atoms with Gasteiger partial charge in [0.2, 0.25) is 17.5 Å². The first-order valence-electron chi connectivity index (χ1n) is 16.1. The van der Waals surface area contributed by atoms with Crippen molar-refractivity contribution in [2.75, 3.05) is 33.3 Å². The molecule has 0 radical (unpaired) electrons. The van der Waals surface area contributed by atoms with Crippen molar-refractivity contribution in [3.05, 3.63) is 95.9 Å². The fraction of sp³-hybridized carbons (Fsp3) is 0.471. The number of aromatic nitrogens is 4. The topological polar surface area (TPSA) is 132 Å². The summed E-state index contributed by atoms with van der Waals surface area (Å²) in [6.07, 6.45) is 4.17. The average Bonchev–Trinajstić information content (AvgIpc) is 3.52. The number of pyridine rings is 1. The summed E-state index contributed by atoms with van der Waals surface area (Å²) in [6, 6.07) is 2.05. The van der Waals surface area contributed by atoms with E-state index in [1.54, 1.807) is 27.0 Å². The molecule has 1 fully saturated rings. The maximum absolute atomic E-state index is 15.7. The van der Waals surface area contributed by atoms with Crippen molar-refractivity contribution < 1.29 is 23.1 Å². The third kappa shape index (κ3) is 6.16.